The summed E-state index contributed by atoms with van der Waals surface area (Å²) in [6.07, 6.45) is 0. The molecule has 78 valence electrons. The zero-order chi connectivity index (χ0) is 11.0. The lowest BCUT2D eigenvalue weighted by atomic mass is 10.2. The number of halogens is 7. The second-order valence-electron chi connectivity index (χ2n) is 2.28. The van der Waals surface area contributed by atoms with Gasteiger partial charge in [0.05, 0.1) is 14.5 Å². The monoisotopic (exact) mass is 462 g/mol. The molecule has 0 radical (unpaired) electrons. The van der Waals surface area contributed by atoms with Gasteiger partial charge in [0.2, 0.25) is 0 Å². The minimum Gasteiger partial charge on any atom is -0.1000 e. The smallest absolute Gasteiger partial charge is 0.1000 e. The first-order valence-corrected chi connectivity index (χ1v) is 7.18. The van der Waals surface area contributed by atoms with Gasteiger partial charge in [-0.25, -0.2) is 0 Å². The summed E-state index contributed by atoms with van der Waals surface area (Å²) in [5.74, 6) is 0. The molecular weight excluding hydrogens is 466 g/mol. The van der Waals surface area contributed by atoms with Crippen molar-refractivity contribution in [3.8, 4) is 0 Å². The Morgan fingerprint density at radius 2 is 1.29 bits per heavy atom. The van der Waals surface area contributed by atoms with Crippen molar-refractivity contribution < 1.29 is 0 Å². The quantitative estimate of drug-likeness (QED) is 0.244. The number of benzene rings is 1. The van der Waals surface area contributed by atoms with Crippen molar-refractivity contribution >= 4 is 94.2 Å². The Morgan fingerprint density at radius 1 is 0.786 bits per heavy atom. The second kappa shape index (κ2) is 5.44. The van der Waals surface area contributed by atoms with E-state index in [4.69, 9.17) is 46.4 Å². The van der Waals surface area contributed by atoms with Crippen LogP contribution in [0, 0.1) is 0 Å². The SMILES string of the molecule is Clc1c(Cl)c(C(Cl)Cl)c(Br)c(Br)c1Br. The summed E-state index contributed by atoms with van der Waals surface area (Å²) < 4.78 is 2.08. The van der Waals surface area contributed by atoms with Gasteiger partial charge in [0.15, 0.2) is 0 Å². The predicted octanol–water partition coefficient (Wildman–Crippen LogP) is 6.76. The maximum Gasteiger partial charge on any atom is 0.135 e. The van der Waals surface area contributed by atoms with E-state index >= 15 is 0 Å². The van der Waals surface area contributed by atoms with Crippen LogP contribution in [0.4, 0.5) is 0 Å². The summed E-state index contributed by atoms with van der Waals surface area (Å²) in [5.41, 5.74) is 0.551. The standard InChI is InChI=1S/C7HBr3Cl4/c8-2-1(7(13)14)5(11)6(12)4(10)3(2)9/h7H. The zero-order valence-corrected chi connectivity index (χ0v) is 14.0. The van der Waals surface area contributed by atoms with Gasteiger partial charge in [-0.2, -0.15) is 0 Å². The first-order valence-electron chi connectivity index (χ1n) is 3.17. The molecule has 0 saturated carbocycles. The van der Waals surface area contributed by atoms with E-state index in [1.165, 1.54) is 0 Å². The number of hydrogen-bond acceptors (Lipinski definition) is 0. The minimum atomic E-state index is -0.737. The number of alkyl halides is 2. The van der Waals surface area contributed by atoms with Gasteiger partial charge in [0.25, 0.3) is 0 Å². The van der Waals surface area contributed by atoms with Crippen LogP contribution in [0.2, 0.25) is 10.0 Å². The fourth-order valence-electron chi connectivity index (χ4n) is 0.813. The van der Waals surface area contributed by atoms with E-state index < -0.39 is 4.84 Å². The lowest BCUT2D eigenvalue weighted by Crippen LogP contribution is -1.90. The first-order chi connectivity index (χ1) is 6.37. The molecule has 0 aliphatic heterocycles. The molecule has 1 aromatic rings. The van der Waals surface area contributed by atoms with E-state index in [0.29, 0.717) is 24.6 Å². The summed E-state index contributed by atoms with van der Waals surface area (Å²) in [6, 6.07) is 0. The molecule has 0 heterocycles. The Morgan fingerprint density at radius 3 is 1.71 bits per heavy atom. The highest BCUT2D eigenvalue weighted by Gasteiger charge is 2.21. The molecule has 1 aromatic carbocycles. The Kier molecular flexibility index (Phi) is 5.39. The molecule has 0 unspecified atom stereocenters. The summed E-state index contributed by atoms with van der Waals surface area (Å²) >= 11 is 33.4. The molecule has 0 spiro atoms. The average molecular weight is 467 g/mol. The van der Waals surface area contributed by atoms with Crippen LogP contribution in [-0.4, -0.2) is 0 Å². The molecule has 0 nitrogen and oxygen atoms in total. The second-order valence-corrected chi connectivity index (χ2v) is 6.52. The Hall–Kier alpha value is 1.82. The maximum absolute atomic E-state index is 5.99. The molecule has 0 atom stereocenters. The summed E-state index contributed by atoms with van der Waals surface area (Å²) in [7, 11) is 0. The molecule has 0 N–H and O–H groups in total. The van der Waals surface area contributed by atoms with Gasteiger partial charge in [0, 0.05) is 14.5 Å². The van der Waals surface area contributed by atoms with Crippen LogP contribution >= 0.6 is 94.2 Å². The molecular formula is C7HBr3Cl4. The van der Waals surface area contributed by atoms with Gasteiger partial charge in [-0.3, -0.25) is 0 Å². The van der Waals surface area contributed by atoms with E-state index in [9.17, 15) is 0 Å². The average Bonchev–Trinajstić information content (AvgIpc) is 2.11. The topological polar surface area (TPSA) is 0 Å². The van der Waals surface area contributed by atoms with Gasteiger partial charge >= 0.3 is 0 Å². The third kappa shape index (κ3) is 2.55. The number of hydrogen-bond donors (Lipinski definition) is 0. The van der Waals surface area contributed by atoms with E-state index in [0.717, 1.165) is 4.47 Å². The van der Waals surface area contributed by atoms with Gasteiger partial charge < -0.3 is 0 Å². The minimum absolute atomic E-state index is 0.337. The molecule has 0 aromatic heterocycles. The van der Waals surface area contributed by atoms with Crippen molar-refractivity contribution in [1.82, 2.24) is 0 Å². The molecule has 7 heteroatoms. The van der Waals surface area contributed by atoms with Crippen LogP contribution in [0.15, 0.2) is 13.4 Å². The van der Waals surface area contributed by atoms with Gasteiger partial charge in [-0.05, 0) is 47.8 Å². The van der Waals surface area contributed by atoms with Gasteiger partial charge in [0.1, 0.15) is 4.84 Å². The lowest BCUT2D eigenvalue weighted by Gasteiger charge is -2.13. The molecule has 14 heavy (non-hydrogen) atoms. The highest BCUT2D eigenvalue weighted by molar-refractivity contribution is 9.14. The van der Waals surface area contributed by atoms with Crippen molar-refractivity contribution in [2.75, 3.05) is 0 Å². The summed E-state index contributed by atoms with van der Waals surface area (Å²) in [6.45, 7) is 0. The van der Waals surface area contributed by atoms with Crippen molar-refractivity contribution in [1.29, 1.82) is 0 Å². The fraction of sp³-hybridized carbons (Fsp3) is 0.143. The van der Waals surface area contributed by atoms with Crippen molar-refractivity contribution in [2.24, 2.45) is 0 Å². The molecule has 0 aliphatic rings. The third-order valence-electron chi connectivity index (χ3n) is 1.46. The van der Waals surface area contributed by atoms with E-state index in [2.05, 4.69) is 47.8 Å². The van der Waals surface area contributed by atoms with Gasteiger partial charge in [-0.1, -0.05) is 46.4 Å². The zero-order valence-electron chi connectivity index (χ0n) is 6.22. The molecule has 0 saturated heterocycles. The number of rotatable bonds is 1. The lowest BCUT2D eigenvalue weighted by molar-refractivity contribution is 1.30. The molecule has 1 rings (SSSR count). The van der Waals surface area contributed by atoms with E-state index in [-0.39, 0.29) is 0 Å². The van der Waals surface area contributed by atoms with Crippen LogP contribution < -0.4 is 0 Å². The third-order valence-corrected chi connectivity index (χ3v) is 6.47. The maximum atomic E-state index is 5.99. The molecule has 0 amide bonds. The highest BCUT2D eigenvalue weighted by Crippen LogP contribution is 2.48. The van der Waals surface area contributed by atoms with Crippen molar-refractivity contribution in [3.63, 3.8) is 0 Å². The van der Waals surface area contributed by atoms with E-state index in [1.54, 1.807) is 0 Å². The van der Waals surface area contributed by atoms with E-state index in [1.807, 2.05) is 0 Å². The normalized spacial score (nSPS) is 11.1. The Bertz CT molecular complexity index is 349. The van der Waals surface area contributed by atoms with Crippen LogP contribution in [0.5, 0.6) is 0 Å². The van der Waals surface area contributed by atoms with Crippen LogP contribution in [-0.2, 0) is 0 Å². The largest absolute Gasteiger partial charge is 0.135 e. The molecule has 0 fully saturated rings. The Labute approximate surface area is 127 Å². The van der Waals surface area contributed by atoms with Gasteiger partial charge in [-0.15, -0.1) is 0 Å². The van der Waals surface area contributed by atoms with Crippen molar-refractivity contribution in [3.05, 3.63) is 29.0 Å². The van der Waals surface area contributed by atoms with Crippen LogP contribution in [0.25, 0.3) is 0 Å². The first kappa shape index (κ1) is 13.9. The van der Waals surface area contributed by atoms with Crippen LogP contribution in [0.3, 0.4) is 0 Å². The Balaban J connectivity index is 3.60. The van der Waals surface area contributed by atoms with Crippen molar-refractivity contribution in [2.45, 2.75) is 4.84 Å². The summed E-state index contributed by atoms with van der Waals surface area (Å²) in [5, 5.41) is 0.714. The van der Waals surface area contributed by atoms with Crippen LogP contribution in [0.1, 0.15) is 10.4 Å². The summed E-state index contributed by atoms with van der Waals surface area (Å²) in [4.78, 5) is -0.737. The predicted molar refractivity (Wildman–Crippen MR) is 74.0 cm³/mol. The highest BCUT2D eigenvalue weighted by atomic mass is 79.9. The fourth-order valence-corrected chi connectivity index (χ4v) is 4.16. The molecule has 0 aliphatic carbocycles. The molecule has 0 bridgehead atoms.